The van der Waals surface area contributed by atoms with Crippen molar-refractivity contribution in [3.8, 4) is 0 Å². The number of fused-ring (bicyclic) bond motifs is 1. The second-order valence-electron chi connectivity index (χ2n) is 7.29. The predicted molar refractivity (Wildman–Crippen MR) is 117 cm³/mol. The predicted octanol–water partition coefficient (Wildman–Crippen LogP) is 3.92. The first kappa shape index (κ1) is 18.2. The maximum Gasteiger partial charge on any atom is 0.129 e. The normalized spacial score (nSPS) is 23.4. The van der Waals surface area contributed by atoms with E-state index >= 15 is 0 Å². The molecule has 2 atom stereocenters. The summed E-state index contributed by atoms with van der Waals surface area (Å²) in [7, 11) is 0. The highest BCUT2D eigenvalue weighted by Gasteiger charge is 2.21. The molecule has 1 fully saturated rings. The molecule has 2 aliphatic heterocycles. The molecular formula is C21H24BrN5. The molecule has 0 radical (unpaired) electrons. The smallest absolute Gasteiger partial charge is 0.129 e. The summed E-state index contributed by atoms with van der Waals surface area (Å²) in [4.78, 5) is 11.4. The number of benzene rings is 1. The summed E-state index contributed by atoms with van der Waals surface area (Å²) in [6.07, 6.45) is 5.90. The molecule has 27 heavy (non-hydrogen) atoms. The lowest BCUT2D eigenvalue weighted by Crippen LogP contribution is -2.54. The van der Waals surface area contributed by atoms with Crippen molar-refractivity contribution in [1.29, 1.82) is 0 Å². The van der Waals surface area contributed by atoms with Crippen LogP contribution in [0.25, 0.3) is 5.57 Å². The Labute approximate surface area is 168 Å². The van der Waals surface area contributed by atoms with Gasteiger partial charge >= 0.3 is 0 Å². The van der Waals surface area contributed by atoms with E-state index in [4.69, 9.17) is 0 Å². The number of piperazine rings is 1. The van der Waals surface area contributed by atoms with Crippen molar-refractivity contribution in [2.24, 2.45) is 4.99 Å². The Morgan fingerprint density at radius 3 is 2.74 bits per heavy atom. The molecule has 5 nitrogen and oxygen atoms in total. The summed E-state index contributed by atoms with van der Waals surface area (Å²) in [5, 5.41) is 6.89. The number of aliphatic imine (C=N–C) groups is 1. The lowest BCUT2D eigenvalue weighted by molar-refractivity contribution is 0.407. The minimum Gasteiger partial charge on any atom is -0.367 e. The van der Waals surface area contributed by atoms with Crippen molar-refractivity contribution in [1.82, 2.24) is 10.3 Å². The van der Waals surface area contributed by atoms with Crippen LogP contribution in [0.15, 0.2) is 52.2 Å². The molecule has 2 N–H and O–H groups in total. The quantitative estimate of drug-likeness (QED) is 0.782. The molecule has 3 heterocycles. The maximum atomic E-state index is 4.60. The number of nitrogens with zero attached hydrogens (tertiary/aromatic N) is 3. The van der Waals surface area contributed by atoms with Gasteiger partial charge in [-0.25, -0.2) is 4.98 Å². The van der Waals surface area contributed by atoms with Gasteiger partial charge < -0.3 is 15.5 Å². The number of halogens is 1. The van der Waals surface area contributed by atoms with E-state index in [1.807, 2.05) is 30.7 Å². The van der Waals surface area contributed by atoms with E-state index in [1.54, 1.807) is 0 Å². The van der Waals surface area contributed by atoms with Gasteiger partial charge in [0.2, 0.25) is 0 Å². The Hall–Kier alpha value is -2.18. The van der Waals surface area contributed by atoms with Crippen molar-refractivity contribution in [3.63, 3.8) is 0 Å². The zero-order valence-electron chi connectivity index (χ0n) is 15.6. The van der Waals surface area contributed by atoms with E-state index in [0.29, 0.717) is 18.6 Å². The third kappa shape index (κ3) is 4.22. The molecule has 0 aliphatic carbocycles. The summed E-state index contributed by atoms with van der Waals surface area (Å²) in [6, 6.07) is 11.4. The second kappa shape index (κ2) is 7.82. The number of anilines is 2. The van der Waals surface area contributed by atoms with E-state index < -0.39 is 0 Å². The van der Waals surface area contributed by atoms with E-state index in [9.17, 15) is 0 Å². The van der Waals surface area contributed by atoms with Crippen LogP contribution in [-0.4, -0.2) is 42.9 Å². The molecule has 4 rings (SSSR count). The van der Waals surface area contributed by atoms with Gasteiger partial charge in [-0.3, -0.25) is 4.99 Å². The first-order valence-corrected chi connectivity index (χ1v) is 10.1. The largest absolute Gasteiger partial charge is 0.367 e. The van der Waals surface area contributed by atoms with E-state index in [0.717, 1.165) is 34.5 Å². The summed E-state index contributed by atoms with van der Waals surface area (Å²) in [6.45, 7) is 7.13. The molecule has 2 aliphatic rings. The van der Waals surface area contributed by atoms with Gasteiger partial charge in [0.15, 0.2) is 0 Å². The molecule has 1 saturated heterocycles. The van der Waals surface area contributed by atoms with Crippen LogP contribution < -0.4 is 15.5 Å². The highest BCUT2D eigenvalue weighted by atomic mass is 79.9. The first-order valence-electron chi connectivity index (χ1n) is 9.31. The fourth-order valence-electron chi connectivity index (χ4n) is 3.73. The van der Waals surface area contributed by atoms with Crippen molar-refractivity contribution < 1.29 is 0 Å². The Morgan fingerprint density at radius 2 is 2.00 bits per heavy atom. The van der Waals surface area contributed by atoms with Gasteiger partial charge in [-0.05, 0) is 54.8 Å². The van der Waals surface area contributed by atoms with Crippen LogP contribution in [0.2, 0.25) is 0 Å². The van der Waals surface area contributed by atoms with Crippen molar-refractivity contribution in [3.05, 3.63) is 58.3 Å². The maximum absolute atomic E-state index is 4.60. The molecule has 2 aromatic rings. The minimum atomic E-state index is 0.488. The van der Waals surface area contributed by atoms with Crippen LogP contribution in [0.5, 0.6) is 0 Å². The average Bonchev–Trinajstić information content (AvgIpc) is 2.66. The van der Waals surface area contributed by atoms with Crippen LogP contribution in [0, 0.1) is 0 Å². The van der Waals surface area contributed by atoms with Crippen LogP contribution >= 0.6 is 15.9 Å². The summed E-state index contributed by atoms with van der Waals surface area (Å²) in [5.41, 5.74) is 4.67. The van der Waals surface area contributed by atoms with Gasteiger partial charge in [0.1, 0.15) is 5.82 Å². The summed E-state index contributed by atoms with van der Waals surface area (Å²) in [5.74, 6) is 0.841. The topological polar surface area (TPSA) is 52.5 Å². The van der Waals surface area contributed by atoms with Gasteiger partial charge in [0, 0.05) is 42.1 Å². The Balaban J connectivity index is 1.47. The molecule has 0 amide bonds. The number of rotatable bonds is 3. The van der Waals surface area contributed by atoms with Crippen LogP contribution in [0.1, 0.15) is 25.0 Å². The second-order valence-corrected chi connectivity index (χ2v) is 8.21. The Bertz CT molecular complexity index is 865. The third-order valence-electron chi connectivity index (χ3n) is 4.92. The van der Waals surface area contributed by atoms with Gasteiger partial charge in [-0.1, -0.05) is 22.0 Å². The van der Waals surface area contributed by atoms with Crippen LogP contribution in [0.3, 0.4) is 0 Å². The number of hydrogen-bond donors (Lipinski definition) is 2. The molecule has 1 aromatic carbocycles. The zero-order valence-corrected chi connectivity index (χ0v) is 17.2. The SMILES string of the molecule is C[C@@H]1CN(c2ccc(N/C=C3\CN=Cc4ccc(Br)cc43)nc2)C[C@H](C)N1. The third-order valence-corrected chi connectivity index (χ3v) is 5.41. The fourth-order valence-corrected chi connectivity index (χ4v) is 4.09. The van der Waals surface area contributed by atoms with Gasteiger partial charge in [0.25, 0.3) is 0 Å². The van der Waals surface area contributed by atoms with Crippen LogP contribution in [-0.2, 0) is 0 Å². The average molecular weight is 426 g/mol. The molecule has 0 unspecified atom stereocenters. The molecular weight excluding hydrogens is 402 g/mol. The molecule has 0 spiro atoms. The van der Waals surface area contributed by atoms with Gasteiger partial charge in [-0.2, -0.15) is 0 Å². The van der Waals surface area contributed by atoms with Gasteiger partial charge in [0.05, 0.1) is 18.4 Å². The van der Waals surface area contributed by atoms with Gasteiger partial charge in [-0.15, -0.1) is 0 Å². The minimum absolute atomic E-state index is 0.488. The number of pyridine rings is 1. The monoisotopic (exact) mass is 425 g/mol. The Morgan fingerprint density at radius 1 is 1.19 bits per heavy atom. The molecule has 1 aromatic heterocycles. The standard InChI is InChI=1S/C21H24BrN5/c1-14-12-27(13-15(2)26-14)19-5-6-21(25-11-19)24-10-17-9-23-8-16-3-4-18(22)7-20(16)17/h3-8,10-11,14-15,26H,9,12-13H2,1-2H3,(H,24,25)/b17-10+/t14-,15+. The molecule has 0 saturated carbocycles. The number of hydrogen-bond acceptors (Lipinski definition) is 5. The zero-order chi connectivity index (χ0) is 18.8. The molecule has 140 valence electrons. The van der Waals surface area contributed by atoms with E-state index in [1.165, 1.54) is 11.3 Å². The molecule has 6 heteroatoms. The first-order chi connectivity index (χ1) is 13.1. The summed E-state index contributed by atoms with van der Waals surface area (Å²) >= 11 is 3.55. The lowest BCUT2D eigenvalue weighted by Gasteiger charge is -2.37. The fraction of sp³-hybridized carbons (Fsp3) is 0.333. The number of nitrogens with one attached hydrogen (secondary N) is 2. The van der Waals surface area contributed by atoms with Crippen molar-refractivity contribution >= 4 is 39.2 Å². The summed E-state index contributed by atoms with van der Waals surface area (Å²) < 4.78 is 1.07. The van der Waals surface area contributed by atoms with Crippen LogP contribution in [0.4, 0.5) is 11.5 Å². The van der Waals surface area contributed by atoms with E-state index in [2.05, 4.69) is 73.5 Å². The number of aromatic nitrogens is 1. The Kier molecular flexibility index (Phi) is 5.27. The van der Waals surface area contributed by atoms with Crippen molar-refractivity contribution in [2.45, 2.75) is 25.9 Å². The van der Waals surface area contributed by atoms with Crippen molar-refractivity contribution in [2.75, 3.05) is 29.9 Å². The lowest BCUT2D eigenvalue weighted by atomic mass is 9.99. The highest BCUT2D eigenvalue weighted by molar-refractivity contribution is 9.10. The highest BCUT2D eigenvalue weighted by Crippen LogP contribution is 2.26. The van der Waals surface area contributed by atoms with E-state index in [-0.39, 0.29) is 0 Å². The molecule has 0 bridgehead atoms.